The van der Waals surface area contributed by atoms with Crippen LogP contribution in [0.2, 0.25) is 0 Å². The average Bonchev–Trinajstić information content (AvgIpc) is 3.16. The van der Waals surface area contributed by atoms with Crippen molar-refractivity contribution in [1.82, 2.24) is 10.4 Å². The second kappa shape index (κ2) is 12.4. The van der Waals surface area contributed by atoms with Crippen LogP contribution in [-0.2, 0) is 4.84 Å². The number of hydrogen-bond donors (Lipinski definition) is 4. The molecule has 3 aromatic carbocycles. The number of rotatable bonds is 8. The van der Waals surface area contributed by atoms with E-state index in [-0.39, 0.29) is 46.9 Å². The third-order valence-corrected chi connectivity index (χ3v) is 6.52. The third-order valence-electron chi connectivity index (χ3n) is 6.52. The summed E-state index contributed by atoms with van der Waals surface area (Å²) in [6.45, 7) is 0.537. The molecule has 210 valence electrons. The number of ether oxygens (including phenoxy) is 2. The second-order valence-electron chi connectivity index (χ2n) is 9.23. The number of methoxy groups -OCH3 is 2. The van der Waals surface area contributed by atoms with Crippen molar-refractivity contribution in [2.75, 3.05) is 27.3 Å². The summed E-state index contributed by atoms with van der Waals surface area (Å²) in [5.74, 6) is -2.78. The lowest BCUT2D eigenvalue weighted by Gasteiger charge is -2.24. The van der Waals surface area contributed by atoms with Crippen molar-refractivity contribution in [2.24, 2.45) is 0 Å². The summed E-state index contributed by atoms with van der Waals surface area (Å²) in [5.41, 5.74) is -0.396. The number of carbonyl (C=O) groups excluding carboxylic acids is 3. The molecule has 0 bridgehead atoms. The van der Waals surface area contributed by atoms with Crippen LogP contribution < -0.4 is 14.8 Å². The van der Waals surface area contributed by atoms with Gasteiger partial charge in [0.15, 0.2) is 0 Å². The van der Waals surface area contributed by atoms with Crippen molar-refractivity contribution in [1.29, 1.82) is 0 Å². The van der Waals surface area contributed by atoms with Crippen LogP contribution in [0.25, 0.3) is 0 Å². The van der Waals surface area contributed by atoms with Crippen LogP contribution in [0.15, 0.2) is 54.6 Å². The van der Waals surface area contributed by atoms with Gasteiger partial charge in [-0.25, -0.2) is 4.79 Å². The van der Waals surface area contributed by atoms with E-state index in [9.17, 15) is 29.7 Å². The molecular formula is C29H30N2O9. The van der Waals surface area contributed by atoms with E-state index in [1.54, 1.807) is 6.07 Å². The minimum Gasteiger partial charge on any atom is -0.508 e. The molecule has 11 nitrogen and oxygen atoms in total. The summed E-state index contributed by atoms with van der Waals surface area (Å²) in [6, 6.07) is 12.2. The number of benzene rings is 3. The highest BCUT2D eigenvalue weighted by atomic mass is 16.7. The number of hydroxylamine groups is 2. The van der Waals surface area contributed by atoms with E-state index in [0.29, 0.717) is 24.9 Å². The van der Waals surface area contributed by atoms with Gasteiger partial charge in [-0.1, -0.05) is 6.07 Å². The maximum absolute atomic E-state index is 13.7. The first-order valence-corrected chi connectivity index (χ1v) is 12.6. The van der Waals surface area contributed by atoms with Crippen molar-refractivity contribution in [3.05, 3.63) is 76.9 Å². The number of ketones is 1. The molecule has 0 saturated carbocycles. The van der Waals surface area contributed by atoms with Gasteiger partial charge in [0, 0.05) is 24.2 Å². The molecule has 1 heterocycles. The first kappa shape index (κ1) is 28.2. The Morgan fingerprint density at radius 2 is 1.55 bits per heavy atom. The molecule has 0 aliphatic carbocycles. The van der Waals surface area contributed by atoms with Crippen LogP contribution in [0, 0.1) is 0 Å². The van der Waals surface area contributed by atoms with Crippen molar-refractivity contribution >= 4 is 17.7 Å². The minimum absolute atomic E-state index is 0.0191. The maximum atomic E-state index is 13.7. The van der Waals surface area contributed by atoms with Gasteiger partial charge in [0.05, 0.1) is 31.9 Å². The zero-order valence-electron chi connectivity index (χ0n) is 22.0. The Morgan fingerprint density at radius 3 is 2.20 bits per heavy atom. The number of hydrogen-bond acceptors (Lipinski definition) is 10. The van der Waals surface area contributed by atoms with Gasteiger partial charge in [-0.3, -0.25) is 9.59 Å². The van der Waals surface area contributed by atoms with E-state index < -0.39 is 28.8 Å². The molecule has 1 fully saturated rings. The molecular weight excluding hydrogens is 520 g/mol. The van der Waals surface area contributed by atoms with Crippen LogP contribution in [0.3, 0.4) is 0 Å². The fourth-order valence-electron chi connectivity index (χ4n) is 4.57. The van der Waals surface area contributed by atoms with E-state index in [0.717, 1.165) is 18.6 Å². The minimum atomic E-state index is -0.978. The SMILES string of the molecule is COc1cccc(OC)c1C(=O)c1c(O)cc(O)cc1C(=O)ON1CCCC[C@@H](NC(=O)c2ccc(O)cc2)C1. The van der Waals surface area contributed by atoms with Crippen LogP contribution in [0.1, 0.15) is 55.9 Å². The third kappa shape index (κ3) is 6.26. The van der Waals surface area contributed by atoms with Crippen molar-refractivity contribution < 1.29 is 44.0 Å². The molecule has 1 atom stereocenters. The van der Waals surface area contributed by atoms with E-state index in [4.69, 9.17) is 14.3 Å². The largest absolute Gasteiger partial charge is 0.508 e. The molecule has 40 heavy (non-hydrogen) atoms. The normalized spacial score (nSPS) is 15.5. The number of aromatic hydroxyl groups is 3. The molecule has 0 unspecified atom stereocenters. The standard InChI is InChI=1S/C29H30N2O9/c1-38-23-7-5-8-24(39-2)26(23)27(35)25-21(14-20(33)15-22(25)34)29(37)40-31-13-4-3-6-18(16-31)30-28(36)17-9-11-19(32)12-10-17/h5,7-12,14-15,18,32-34H,3-4,6,13,16H2,1-2H3,(H,30,36)/t18-/m1/s1. The molecule has 4 rings (SSSR count). The Labute approximate surface area is 230 Å². The molecule has 0 radical (unpaired) electrons. The lowest BCUT2D eigenvalue weighted by molar-refractivity contribution is -0.110. The number of nitrogens with zero attached hydrogens (tertiary/aromatic N) is 1. The van der Waals surface area contributed by atoms with Crippen LogP contribution in [0.4, 0.5) is 0 Å². The van der Waals surface area contributed by atoms with Gasteiger partial charge in [-0.05, 0) is 61.7 Å². The number of carbonyl (C=O) groups is 3. The lowest BCUT2D eigenvalue weighted by atomic mass is 9.95. The van der Waals surface area contributed by atoms with Gasteiger partial charge < -0.3 is 34.9 Å². The zero-order valence-corrected chi connectivity index (χ0v) is 22.0. The predicted octanol–water partition coefficient (Wildman–Crippen LogP) is 3.41. The van der Waals surface area contributed by atoms with Gasteiger partial charge in [0.25, 0.3) is 5.91 Å². The average molecular weight is 551 g/mol. The Bertz CT molecular complexity index is 1380. The Morgan fingerprint density at radius 1 is 0.875 bits per heavy atom. The monoisotopic (exact) mass is 550 g/mol. The van der Waals surface area contributed by atoms with Crippen molar-refractivity contribution in [2.45, 2.75) is 25.3 Å². The van der Waals surface area contributed by atoms with Crippen molar-refractivity contribution in [3.63, 3.8) is 0 Å². The molecule has 0 spiro atoms. The van der Waals surface area contributed by atoms with Crippen LogP contribution >= 0.6 is 0 Å². The van der Waals surface area contributed by atoms with Gasteiger partial charge in [-0.15, -0.1) is 5.06 Å². The molecule has 1 saturated heterocycles. The van der Waals surface area contributed by atoms with Crippen LogP contribution in [0.5, 0.6) is 28.7 Å². The Hall–Kier alpha value is -4.77. The maximum Gasteiger partial charge on any atom is 0.358 e. The van der Waals surface area contributed by atoms with E-state index in [2.05, 4.69) is 5.32 Å². The van der Waals surface area contributed by atoms with Gasteiger partial charge in [0.2, 0.25) is 5.78 Å². The highest BCUT2D eigenvalue weighted by molar-refractivity contribution is 6.18. The molecule has 3 aromatic rings. The van der Waals surface area contributed by atoms with Gasteiger partial charge in [-0.2, -0.15) is 0 Å². The van der Waals surface area contributed by atoms with Gasteiger partial charge >= 0.3 is 5.97 Å². The first-order chi connectivity index (χ1) is 19.2. The number of phenols is 3. The Balaban J connectivity index is 1.57. The summed E-state index contributed by atoms with van der Waals surface area (Å²) < 4.78 is 10.6. The van der Waals surface area contributed by atoms with Gasteiger partial charge in [0.1, 0.15) is 34.3 Å². The summed E-state index contributed by atoms with van der Waals surface area (Å²) >= 11 is 0. The Kier molecular flexibility index (Phi) is 8.75. The second-order valence-corrected chi connectivity index (χ2v) is 9.23. The molecule has 11 heteroatoms. The fourth-order valence-corrected chi connectivity index (χ4v) is 4.57. The molecule has 1 aliphatic rings. The summed E-state index contributed by atoms with van der Waals surface area (Å²) in [5, 5.41) is 34.5. The molecule has 1 aliphatic heterocycles. The topological polar surface area (TPSA) is 155 Å². The first-order valence-electron chi connectivity index (χ1n) is 12.6. The smallest absolute Gasteiger partial charge is 0.358 e. The fraction of sp³-hybridized carbons (Fsp3) is 0.276. The van der Waals surface area contributed by atoms with Crippen LogP contribution in [-0.4, -0.2) is 71.4 Å². The van der Waals surface area contributed by atoms with E-state index in [1.165, 1.54) is 55.7 Å². The van der Waals surface area contributed by atoms with E-state index in [1.807, 2.05) is 0 Å². The quantitative estimate of drug-likeness (QED) is 0.307. The summed E-state index contributed by atoms with van der Waals surface area (Å²) in [6.07, 6.45) is 2.08. The summed E-state index contributed by atoms with van der Waals surface area (Å²) in [4.78, 5) is 45.3. The number of phenolic OH excluding ortho intramolecular Hbond substituents is 3. The number of amides is 1. The highest BCUT2D eigenvalue weighted by Crippen LogP contribution is 2.36. The molecule has 4 N–H and O–H groups in total. The molecule has 0 aromatic heterocycles. The highest BCUT2D eigenvalue weighted by Gasteiger charge is 2.31. The number of nitrogens with one attached hydrogen (secondary N) is 1. The lowest BCUT2D eigenvalue weighted by Crippen LogP contribution is -2.43. The summed E-state index contributed by atoms with van der Waals surface area (Å²) in [7, 11) is 2.74. The zero-order chi connectivity index (χ0) is 28.8. The van der Waals surface area contributed by atoms with Crippen molar-refractivity contribution in [3.8, 4) is 28.7 Å². The molecule has 1 amide bonds. The van der Waals surface area contributed by atoms with E-state index >= 15 is 0 Å². The predicted molar refractivity (Wildman–Crippen MR) is 143 cm³/mol.